The standard InChI is InChI=1S/C15H17N3O2/c1-3-4-18-11-17-9-13(18)10-20-15-6-12(8-16)5-14(7-15)19-2/h5-7,9,11H,3-4,10H2,1-2H3. The lowest BCUT2D eigenvalue weighted by atomic mass is 10.2. The fourth-order valence-corrected chi connectivity index (χ4v) is 1.91. The van der Waals surface area contributed by atoms with E-state index in [2.05, 4.69) is 22.5 Å². The van der Waals surface area contributed by atoms with E-state index in [4.69, 9.17) is 14.7 Å². The Hall–Kier alpha value is -2.48. The monoisotopic (exact) mass is 271 g/mol. The maximum Gasteiger partial charge on any atom is 0.130 e. The molecule has 0 spiro atoms. The first-order valence-corrected chi connectivity index (χ1v) is 6.47. The molecule has 0 aliphatic rings. The predicted molar refractivity (Wildman–Crippen MR) is 74.6 cm³/mol. The Balaban J connectivity index is 2.10. The van der Waals surface area contributed by atoms with Crippen molar-refractivity contribution in [2.75, 3.05) is 7.11 Å². The lowest BCUT2D eigenvalue weighted by Crippen LogP contribution is -2.05. The van der Waals surface area contributed by atoms with Crippen molar-refractivity contribution in [2.24, 2.45) is 0 Å². The van der Waals surface area contributed by atoms with Gasteiger partial charge in [-0.2, -0.15) is 5.26 Å². The van der Waals surface area contributed by atoms with Crippen LogP contribution in [0, 0.1) is 11.3 Å². The van der Waals surface area contributed by atoms with Crippen LogP contribution in [0.25, 0.3) is 0 Å². The summed E-state index contributed by atoms with van der Waals surface area (Å²) in [5, 5.41) is 8.97. The largest absolute Gasteiger partial charge is 0.497 e. The summed E-state index contributed by atoms with van der Waals surface area (Å²) in [6.07, 6.45) is 4.64. The summed E-state index contributed by atoms with van der Waals surface area (Å²) in [6, 6.07) is 7.23. The van der Waals surface area contributed by atoms with E-state index >= 15 is 0 Å². The van der Waals surface area contributed by atoms with Crippen LogP contribution >= 0.6 is 0 Å². The lowest BCUT2D eigenvalue weighted by molar-refractivity contribution is 0.292. The molecule has 5 heteroatoms. The number of aryl methyl sites for hydroxylation is 1. The second-order valence-corrected chi connectivity index (χ2v) is 4.38. The molecule has 2 rings (SSSR count). The zero-order chi connectivity index (χ0) is 14.4. The molecule has 0 fully saturated rings. The molecule has 1 aromatic heterocycles. The minimum atomic E-state index is 0.415. The molecule has 0 unspecified atom stereocenters. The highest BCUT2D eigenvalue weighted by Crippen LogP contribution is 2.23. The highest BCUT2D eigenvalue weighted by molar-refractivity contribution is 5.43. The van der Waals surface area contributed by atoms with E-state index in [1.165, 1.54) is 0 Å². The van der Waals surface area contributed by atoms with Crippen molar-refractivity contribution in [3.05, 3.63) is 42.0 Å². The SMILES string of the molecule is CCCn1cncc1COc1cc(C#N)cc(OC)c1. The molecular formula is C15H17N3O2. The van der Waals surface area contributed by atoms with Crippen molar-refractivity contribution in [1.82, 2.24) is 9.55 Å². The summed E-state index contributed by atoms with van der Waals surface area (Å²) in [7, 11) is 1.57. The second-order valence-electron chi connectivity index (χ2n) is 4.38. The van der Waals surface area contributed by atoms with Crippen LogP contribution in [0.4, 0.5) is 0 Å². The molecule has 0 aliphatic carbocycles. The highest BCUT2D eigenvalue weighted by atomic mass is 16.5. The Kier molecular flexibility index (Phi) is 4.61. The van der Waals surface area contributed by atoms with Crippen LogP contribution < -0.4 is 9.47 Å². The van der Waals surface area contributed by atoms with Crippen LogP contribution in [0.5, 0.6) is 11.5 Å². The Labute approximate surface area is 118 Å². The Morgan fingerprint density at radius 3 is 2.80 bits per heavy atom. The summed E-state index contributed by atoms with van der Waals surface area (Å²) in [4.78, 5) is 4.13. The van der Waals surface area contributed by atoms with E-state index in [0.717, 1.165) is 18.7 Å². The molecule has 0 bridgehead atoms. The minimum Gasteiger partial charge on any atom is -0.497 e. The van der Waals surface area contributed by atoms with Gasteiger partial charge in [-0.15, -0.1) is 0 Å². The molecule has 0 saturated carbocycles. The second kappa shape index (κ2) is 6.62. The lowest BCUT2D eigenvalue weighted by Gasteiger charge is -2.10. The van der Waals surface area contributed by atoms with Crippen molar-refractivity contribution in [1.29, 1.82) is 5.26 Å². The van der Waals surface area contributed by atoms with Crippen LogP contribution in [0.2, 0.25) is 0 Å². The molecule has 2 aromatic rings. The third-order valence-electron chi connectivity index (χ3n) is 2.89. The molecule has 1 aromatic carbocycles. The number of rotatable bonds is 6. The van der Waals surface area contributed by atoms with Crippen molar-refractivity contribution < 1.29 is 9.47 Å². The molecule has 20 heavy (non-hydrogen) atoms. The maximum atomic E-state index is 8.97. The molecule has 1 heterocycles. The summed E-state index contributed by atoms with van der Waals surface area (Å²) < 4.78 is 12.9. The van der Waals surface area contributed by atoms with E-state index < -0.39 is 0 Å². The van der Waals surface area contributed by atoms with Gasteiger partial charge in [0.25, 0.3) is 0 Å². The first-order valence-electron chi connectivity index (χ1n) is 6.47. The van der Waals surface area contributed by atoms with Crippen LogP contribution in [0.15, 0.2) is 30.7 Å². The highest BCUT2D eigenvalue weighted by Gasteiger charge is 2.05. The van der Waals surface area contributed by atoms with E-state index in [9.17, 15) is 0 Å². The van der Waals surface area contributed by atoms with Gasteiger partial charge < -0.3 is 14.0 Å². The maximum absolute atomic E-state index is 8.97. The molecule has 0 aliphatic heterocycles. The van der Waals surface area contributed by atoms with Crippen molar-refractivity contribution >= 4 is 0 Å². The zero-order valence-electron chi connectivity index (χ0n) is 11.7. The van der Waals surface area contributed by atoms with E-state index in [0.29, 0.717) is 23.7 Å². The van der Waals surface area contributed by atoms with Crippen LogP contribution in [-0.2, 0) is 13.2 Å². The van der Waals surface area contributed by atoms with Gasteiger partial charge in [0, 0.05) is 12.6 Å². The summed E-state index contributed by atoms with van der Waals surface area (Å²) >= 11 is 0. The van der Waals surface area contributed by atoms with Gasteiger partial charge in [-0.25, -0.2) is 4.98 Å². The number of hydrogen-bond acceptors (Lipinski definition) is 4. The number of ether oxygens (including phenoxy) is 2. The number of nitrogens with zero attached hydrogens (tertiary/aromatic N) is 3. The predicted octanol–water partition coefficient (Wildman–Crippen LogP) is 2.75. The number of nitriles is 1. The first-order chi connectivity index (χ1) is 9.76. The van der Waals surface area contributed by atoms with Crippen molar-refractivity contribution in [2.45, 2.75) is 26.5 Å². The normalized spacial score (nSPS) is 10.1. The van der Waals surface area contributed by atoms with Gasteiger partial charge in [0.05, 0.1) is 37.0 Å². The van der Waals surface area contributed by atoms with E-state index in [-0.39, 0.29) is 0 Å². The average Bonchev–Trinajstić information content (AvgIpc) is 2.92. The summed E-state index contributed by atoms with van der Waals surface area (Å²) in [5.74, 6) is 1.23. The topological polar surface area (TPSA) is 60.1 Å². The minimum absolute atomic E-state index is 0.415. The van der Waals surface area contributed by atoms with Gasteiger partial charge in [0.15, 0.2) is 0 Å². The van der Waals surface area contributed by atoms with Gasteiger partial charge in [-0.3, -0.25) is 0 Å². The molecule has 0 radical (unpaired) electrons. The van der Waals surface area contributed by atoms with Gasteiger partial charge in [-0.1, -0.05) is 6.92 Å². The first kappa shape index (κ1) is 13.9. The van der Waals surface area contributed by atoms with Crippen molar-refractivity contribution in [3.63, 3.8) is 0 Å². The Morgan fingerprint density at radius 2 is 2.10 bits per heavy atom. The Morgan fingerprint density at radius 1 is 1.30 bits per heavy atom. The van der Waals surface area contributed by atoms with Crippen LogP contribution in [0.3, 0.4) is 0 Å². The third kappa shape index (κ3) is 3.29. The van der Waals surface area contributed by atoms with E-state index in [1.54, 1.807) is 37.8 Å². The van der Waals surface area contributed by atoms with Crippen LogP contribution in [-0.4, -0.2) is 16.7 Å². The molecule has 0 atom stereocenters. The number of aromatic nitrogens is 2. The fraction of sp³-hybridized carbons (Fsp3) is 0.333. The average molecular weight is 271 g/mol. The number of benzene rings is 1. The number of hydrogen-bond donors (Lipinski definition) is 0. The van der Waals surface area contributed by atoms with E-state index in [1.807, 2.05) is 0 Å². The van der Waals surface area contributed by atoms with Gasteiger partial charge in [-0.05, 0) is 18.6 Å². The van der Waals surface area contributed by atoms with Gasteiger partial charge in [0.1, 0.15) is 18.1 Å². The molecule has 0 N–H and O–H groups in total. The fourth-order valence-electron chi connectivity index (χ4n) is 1.91. The van der Waals surface area contributed by atoms with Gasteiger partial charge in [0.2, 0.25) is 0 Å². The smallest absolute Gasteiger partial charge is 0.130 e. The number of methoxy groups -OCH3 is 1. The Bertz CT molecular complexity index is 614. The van der Waals surface area contributed by atoms with Crippen molar-refractivity contribution in [3.8, 4) is 17.6 Å². The van der Waals surface area contributed by atoms with Gasteiger partial charge >= 0.3 is 0 Å². The molecule has 5 nitrogen and oxygen atoms in total. The number of imidazole rings is 1. The molecule has 0 saturated heterocycles. The summed E-state index contributed by atoms with van der Waals surface area (Å²) in [6.45, 7) is 3.45. The molecule has 104 valence electrons. The molecular weight excluding hydrogens is 254 g/mol. The van der Waals surface area contributed by atoms with Crippen LogP contribution in [0.1, 0.15) is 24.6 Å². The zero-order valence-corrected chi connectivity index (χ0v) is 11.7. The quantitative estimate of drug-likeness (QED) is 0.810. The molecule has 0 amide bonds. The third-order valence-corrected chi connectivity index (χ3v) is 2.89. The summed E-state index contributed by atoms with van der Waals surface area (Å²) in [5.41, 5.74) is 1.52.